The number of anilines is 1. The minimum atomic E-state index is -0.655. The topological polar surface area (TPSA) is 80.5 Å². The number of alkyl halides is 1. The van der Waals surface area contributed by atoms with E-state index in [9.17, 15) is 19.7 Å². The summed E-state index contributed by atoms with van der Waals surface area (Å²) in [7, 11) is 0. The summed E-state index contributed by atoms with van der Waals surface area (Å²) in [6, 6.07) is 4.02. The van der Waals surface area contributed by atoms with Crippen LogP contribution in [0.4, 0.5) is 11.4 Å². The Balaban J connectivity index is 1.96. The molecular weight excluding hydrogens is 340 g/mol. The highest BCUT2D eigenvalue weighted by atomic mass is 79.9. The molecule has 0 radical (unpaired) electrons. The fraction of sp³-hybridized carbons (Fsp3) is 0.429. The number of Topliss-reactive ketones (excluding diaryl/α,β-unsaturated/α-hetero) is 1. The second-order valence-electron chi connectivity index (χ2n) is 5.67. The molecule has 0 bridgehead atoms. The van der Waals surface area contributed by atoms with Gasteiger partial charge in [-0.25, -0.2) is 0 Å². The number of fused-ring (bicyclic) bond motifs is 1. The highest BCUT2D eigenvalue weighted by Crippen LogP contribution is 2.45. The predicted octanol–water partition coefficient (Wildman–Crippen LogP) is 2.69. The second kappa shape index (κ2) is 4.91. The molecule has 2 aliphatic rings. The molecule has 1 aliphatic carbocycles. The van der Waals surface area contributed by atoms with E-state index in [0.717, 1.165) is 24.6 Å². The first-order valence-corrected chi connectivity index (χ1v) is 7.80. The van der Waals surface area contributed by atoms with Crippen molar-refractivity contribution in [3.8, 4) is 0 Å². The lowest BCUT2D eigenvalue weighted by Crippen LogP contribution is -2.45. The first-order chi connectivity index (χ1) is 9.97. The van der Waals surface area contributed by atoms with Gasteiger partial charge < -0.3 is 4.90 Å². The fourth-order valence-corrected chi connectivity index (χ4v) is 3.64. The summed E-state index contributed by atoms with van der Waals surface area (Å²) in [4.78, 5) is 35.9. The molecule has 3 rings (SSSR count). The number of carbonyl (C=O) groups is 2. The normalized spacial score (nSPS) is 19.4. The van der Waals surface area contributed by atoms with Gasteiger partial charge in [0.15, 0.2) is 0 Å². The van der Waals surface area contributed by atoms with Crippen molar-refractivity contribution in [1.29, 1.82) is 0 Å². The van der Waals surface area contributed by atoms with E-state index in [0.29, 0.717) is 12.2 Å². The molecule has 0 N–H and O–H groups in total. The van der Waals surface area contributed by atoms with Crippen molar-refractivity contribution in [2.24, 2.45) is 5.41 Å². The highest BCUT2D eigenvalue weighted by Gasteiger charge is 2.44. The third-order valence-electron chi connectivity index (χ3n) is 4.36. The molecule has 21 heavy (non-hydrogen) atoms. The monoisotopic (exact) mass is 352 g/mol. The Labute approximate surface area is 129 Å². The first-order valence-electron chi connectivity index (χ1n) is 6.68. The van der Waals surface area contributed by atoms with E-state index < -0.39 is 16.6 Å². The van der Waals surface area contributed by atoms with Gasteiger partial charge in [0.25, 0.3) is 17.4 Å². The van der Waals surface area contributed by atoms with Crippen molar-refractivity contribution < 1.29 is 14.5 Å². The van der Waals surface area contributed by atoms with E-state index in [1.54, 1.807) is 0 Å². The Bertz CT molecular complexity index is 649. The van der Waals surface area contributed by atoms with Gasteiger partial charge >= 0.3 is 0 Å². The number of hydrogen-bond acceptors (Lipinski definition) is 4. The Morgan fingerprint density at radius 2 is 2.05 bits per heavy atom. The number of rotatable bonds is 4. The van der Waals surface area contributed by atoms with Gasteiger partial charge in [-0.05, 0) is 24.3 Å². The third kappa shape index (κ3) is 2.16. The van der Waals surface area contributed by atoms with Crippen LogP contribution in [0.5, 0.6) is 0 Å². The summed E-state index contributed by atoms with van der Waals surface area (Å²) < 4.78 is 0. The van der Waals surface area contributed by atoms with E-state index >= 15 is 0 Å². The van der Waals surface area contributed by atoms with Crippen LogP contribution in [0.2, 0.25) is 0 Å². The SMILES string of the molecule is O=C1C(=O)N(CC2(CBr)CCC2)c2ccc([N+](=O)[O-])cc21. The number of amides is 1. The van der Waals surface area contributed by atoms with Crippen molar-refractivity contribution in [1.82, 2.24) is 0 Å². The lowest BCUT2D eigenvalue weighted by molar-refractivity contribution is -0.384. The van der Waals surface area contributed by atoms with Gasteiger partial charge in [0, 0.05) is 24.0 Å². The molecule has 6 nitrogen and oxygen atoms in total. The Morgan fingerprint density at radius 3 is 2.57 bits per heavy atom. The summed E-state index contributed by atoms with van der Waals surface area (Å²) in [5.74, 6) is -1.24. The van der Waals surface area contributed by atoms with Gasteiger partial charge in [-0.3, -0.25) is 19.7 Å². The Kier molecular flexibility index (Phi) is 3.32. The lowest BCUT2D eigenvalue weighted by Gasteiger charge is -2.43. The zero-order valence-electron chi connectivity index (χ0n) is 11.2. The molecule has 1 heterocycles. The smallest absolute Gasteiger partial charge is 0.299 e. The van der Waals surface area contributed by atoms with Crippen LogP contribution >= 0.6 is 15.9 Å². The third-order valence-corrected chi connectivity index (χ3v) is 5.55. The van der Waals surface area contributed by atoms with Gasteiger partial charge in [-0.1, -0.05) is 22.4 Å². The molecule has 0 atom stereocenters. The van der Waals surface area contributed by atoms with Crippen LogP contribution in [0.25, 0.3) is 0 Å². The molecule has 7 heteroatoms. The number of carbonyl (C=O) groups excluding carboxylic acids is 2. The lowest BCUT2D eigenvalue weighted by atomic mass is 9.70. The average Bonchev–Trinajstić information content (AvgIpc) is 2.67. The number of nitro groups is 1. The number of benzene rings is 1. The molecule has 0 unspecified atom stereocenters. The van der Waals surface area contributed by atoms with Gasteiger partial charge in [0.1, 0.15) is 0 Å². The Morgan fingerprint density at radius 1 is 1.33 bits per heavy atom. The predicted molar refractivity (Wildman–Crippen MR) is 79.9 cm³/mol. The van der Waals surface area contributed by atoms with Crippen LogP contribution in [-0.2, 0) is 4.79 Å². The zero-order chi connectivity index (χ0) is 15.2. The molecule has 0 spiro atoms. The summed E-state index contributed by atoms with van der Waals surface area (Å²) >= 11 is 3.48. The second-order valence-corrected chi connectivity index (χ2v) is 6.23. The number of nitro benzene ring substituents is 1. The quantitative estimate of drug-likeness (QED) is 0.361. The van der Waals surface area contributed by atoms with Crippen molar-refractivity contribution in [2.45, 2.75) is 19.3 Å². The molecule has 1 saturated carbocycles. The number of ketones is 1. The largest absolute Gasteiger partial charge is 0.304 e. The zero-order valence-corrected chi connectivity index (χ0v) is 12.8. The van der Waals surface area contributed by atoms with Gasteiger partial charge in [-0.2, -0.15) is 0 Å². The maximum atomic E-state index is 12.2. The van der Waals surface area contributed by atoms with E-state index in [-0.39, 0.29) is 16.7 Å². The number of non-ortho nitro benzene ring substituents is 1. The van der Waals surface area contributed by atoms with Crippen molar-refractivity contribution in [3.05, 3.63) is 33.9 Å². The number of halogens is 1. The van der Waals surface area contributed by atoms with Gasteiger partial charge in [0.05, 0.1) is 16.2 Å². The summed E-state index contributed by atoms with van der Waals surface area (Å²) in [6.07, 6.45) is 3.14. The van der Waals surface area contributed by atoms with Crippen molar-refractivity contribution in [3.63, 3.8) is 0 Å². The standard InChI is InChI=1S/C14H13BrN2O4/c15-7-14(4-1-5-14)8-16-11-3-2-9(17(20)21)6-10(11)12(18)13(16)19/h2-3,6H,1,4-5,7-8H2. The molecular formula is C14H13BrN2O4. The van der Waals surface area contributed by atoms with Crippen LogP contribution in [0.15, 0.2) is 18.2 Å². The summed E-state index contributed by atoms with van der Waals surface area (Å²) in [5, 5.41) is 11.6. The van der Waals surface area contributed by atoms with E-state index in [1.165, 1.54) is 23.1 Å². The molecule has 0 saturated heterocycles. The van der Waals surface area contributed by atoms with Crippen LogP contribution < -0.4 is 4.90 Å². The minimum absolute atomic E-state index is 0.0132. The van der Waals surface area contributed by atoms with Crippen LogP contribution in [0.3, 0.4) is 0 Å². The van der Waals surface area contributed by atoms with Crippen LogP contribution in [0.1, 0.15) is 29.6 Å². The van der Waals surface area contributed by atoms with E-state index in [4.69, 9.17) is 0 Å². The van der Waals surface area contributed by atoms with Gasteiger partial charge in [0.2, 0.25) is 0 Å². The van der Waals surface area contributed by atoms with Crippen LogP contribution in [0, 0.1) is 15.5 Å². The Hall–Kier alpha value is -1.76. The van der Waals surface area contributed by atoms with E-state index in [2.05, 4.69) is 15.9 Å². The molecule has 1 fully saturated rings. The molecule has 0 aromatic heterocycles. The maximum Gasteiger partial charge on any atom is 0.299 e. The molecule has 1 aromatic carbocycles. The number of hydrogen-bond donors (Lipinski definition) is 0. The fourth-order valence-electron chi connectivity index (χ4n) is 2.91. The molecule has 110 valence electrons. The first kappa shape index (κ1) is 14.2. The van der Waals surface area contributed by atoms with E-state index in [1.807, 2.05) is 0 Å². The average molecular weight is 353 g/mol. The van der Waals surface area contributed by atoms with Gasteiger partial charge in [-0.15, -0.1) is 0 Å². The summed E-state index contributed by atoms with van der Waals surface area (Å²) in [5.41, 5.74) is 0.468. The van der Waals surface area contributed by atoms with Crippen LogP contribution in [-0.4, -0.2) is 28.5 Å². The highest BCUT2D eigenvalue weighted by molar-refractivity contribution is 9.09. The maximum absolute atomic E-state index is 12.2. The molecule has 1 aliphatic heterocycles. The molecule has 1 amide bonds. The minimum Gasteiger partial charge on any atom is -0.304 e. The summed E-state index contributed by atoms with van der Waals surface area (Å²) in [6.45, 7) is 0.480. The van der Waals surface area contributed by atoms with Crippen molar-refractivity contribution in [2.75, 3.05) is 16.8 Å². The van der Waals surface area contributed by atoms with Crippen molar-refractivity contribution >= 4 is 39.0 Å². The molecule has 1 aromatic rings. The number of nitrogens with zero attached hydrogens (tertiary/aromatic N) is 2.